The number of thiol groups is 1. The van der Waals surface area contributed by atoms with Crippen molar-refractivity contribution >= 4 is 39.7 Å². The molecule has 11 heteroatoms. The zero-order chi connectivity index (χ0) is 17.7. The fourth-order valence-corrected chi connectivity index (χ4v) is 2.10. The van der Waals surface area contributed by atoms with E-state index in [0.29, 0.717) is 11.4 Å². The van der Waals surface area contributed by atoms with Crippen LogP contribution in [0, 0.1) is 15.9 Å². The first kappa shape index (κ1) is 17.1. The van der Waals surface area contributed by atoms with E-state index in [4.69, 9.17) is 0 Å². The van der Waals surface area contributed by atoms with Crippen LogP contribution in [0.25, 0.3) is 0 Å². The molecule has 2 aromatic rings. The topological polar surface area (TPSA) is 130 Å². The summed E-state index contributed by atoms with van der Waals surface area (Å²) in [4.78, 5) is 21.7. The molecule has 24 heavy (non-hydrogen) atoms. The van der Waals surface area contributed by atoms with E-state index in [1.165, 1.54) is 24.3 Å². The highest BCUT2D eigenvalue weighted by Gasteiger charge is 2.13. The number of halogens is 1. The number of carbonyl (C=O) groups excluding carboxylic acids is 1. The van der Waals surface area contributed by atoms with Crippen LogP contribution >= 0.6 is 0 Å². The second kappa shape index (κ2) is 7.37. The molecule has 0 saturated carbocycles. The van der Waals surface area contributed by atoms with E-state index in [1.54, 1.807) is 0 Å². The lowest BCUT2D eigenvalue weighted by Gasteiger charge is -2.09. The Hall–Kier alpha value is -3.21. The molecule has 3 N–H and O–H groups in total. The van der Waals surface area contributed by atoms with Crippen LogP contribution in [0.15, 0.2) is 42.5 Å². The number of nitrogens with one attached hydrogen (secondary N) is 3. The predicted molar refractivity (Wildman–Crippen MR) is 86.1 cm³/mol. The van der Waals surface area contributed by atoms with E-state index >= 15 is 0 Å². The molecule has 2 amide bonds. The largest absolute Gasteiger partial charge is 0.323 e. The molecule has 0 saturated heterocycles. The third-order valence-electron chi connectivity index (χ3n) is 2.77. The van der Waals surface area contributed by atoms with Gasteiger partial charge in [-0.05, 0) is 30.3 Å². The molecule has 126 valence electrons. The van der Waals surface area contributed by atoms with Crippen LogP contribution in [0.3, 0.4) is 0 Å². The van der Waals surface area contributed by atoms with Gasteiger partial charge in [0.1, 0.15) is 5.82 Å². The summed E-state index contributed by atoms with van der Waals surface area (Å²) in [5.41, 5.74) is -0.0935. The number of hydrogen-bond donors (Lipinski definition) is 4. The number of amides is 2. The number of rotatable bonds is 5. The van der Waals surface area contributed by atoms with Gasteiger partial charge in [0, 0.05) is 23.5 Å². The van der Waals surface area contributed by atoms with Crippen molar-refractivity contribution in [2.24, 2.45) is 0 Å². The molecule has 0 unspecified atom stereocenters. The highest BCUT2D eigenvalue weighted by molar-refractivity contribution is 7.73. The smallest absolute Gasteiger partial charge is 0.308 e. The number of anilines is 3. The third kappa shape index (κ3) is 4.64. The Bertz CT molecular complexity index is 846. The minimum Gasteiger partial charge on any atom is -0.308 e. The van der Waals surface area contributed by atoms with Gasteiger partial charge in [-0.25, -0.2) is 17.6 Å². The molecule has 0 aromatic heterocycles. The number of carbonyl (C=O) groups is 1. The van der Waals surface area contributed by atoms with Crippen molar-refractivity contribution in [2.45, 2.75) is 0 Å². The summed E-state index contributed by atoms with van der Waals surface area (Å²) in [5.74, 6) is -0.824. The normalized spacial score (nSPS) is 10.2. The highest BCUT2D eigenvalue weighted by atomic mass is 32.2. The Labute approximate surface area is 136 Å². The lowest BCUT2D eigenvalue weighted by atomic mass is 10.2. The SMILES string of the molecule is O=C(Nc1ccc(N[SH](=O)=O)cc1)Nc1cc([N+](=O)[O-])ccc1F. The standard InChI is InChI=1S/C13H11FN4O5S/c14-11-6-5-10(18(20)21)7-12(11)16-13(19)15-8-1-3-9(4-2-8)17-24(22)23/h1-7,24H,(H2,15,16,19)(H,17,22,23). The minimum absolute atomic E-state index is 0.307. The summed E-state index contributed by atoms with van der Waals surface area (Å²) < 4.78 is 36.7. The van der Waals surface area contributed by atoms with E-state index < -0.39 is 27.7 Å². The Balaban J connectivity index is 2.05. The average Bonchev–Trinajstić information content (AvgIpc) is 2.50. The van der Waals surface area contributed by atoms with E-state index in [0.717, 1.165) is 18.2 Å². The molecule has 0 fully saturated rings. The molecule has 0 atom stereocenters. The molecular formula is C13H11FN4O5S. The molecule has 2 aromatic carbocycles. The lowest BCUT2D eigenvalue weighted by Crippen LogP contribution is -2.20. The van der Waals surface area contributed by atoms with Gasteiger partial charge in [0.05, 0.1) is 10.6 Å². The van der Waals surface area contributed by atoms with Crippen LogP contribution in [-0.2, 0) is 10.9 Å². The summed E-state index contributed by atoms with van der Waals surface area (Å²) >= 11 is 0. The number of non-ortho nitro benzene ring substituents is 1. The molecule has 0 aliphatic carbocycles. The zero-order valence-corrected chi connectivity index (χ0v) is 12.7. The quantitative estimate of drug-likeness (QED) is 0.372. The summed E-state index contributed by atoms with van der Waals surface area (Å²) in [6, 6.07) is 7.60. The number of nitro groups is 1. The van der Waals surface area contributed by atoms with E-state index in [2.05, 4.69) is 15.4 Å². The second-order valence-electron chi connectivity index (χ2n) is 4.45. The maximum Gasteiger partial charge on any atom is 0.323 e. The maximum absolute atomic E-state index is 13.6. The summed E-state index contributed by atoms with van der Waals surface area (Å²) in [7, 11) is -2.80. The Kier molecular flexibility index (Phi) is 5.27. The van der Waals surface area contributed by atoms with Crippen LogP contribution in [-0.4, -0.2) is 19.4 Å². The van der Waals surface area contributed by atoms with Gasteiger partial charge in [-0.2, -0.15) is 0 Å². The monoisotopic (exact) mass is 354 g/mol. The van der Waals surface area contributed by atoms with Gasteiger partial charge in [-0.1, -0.05) is 0 Å². The first-order chi connectivity index (χ1) is 11.3. The predicted octanol–water partition coefficient (Wildman–Crippen LogP) is 2.32. The van der Waals surface area contributed by atoms with Crippen LogP contribution in [0.5, 0.6) is 0 Å². The number of nitro benzene ring substituents is 1. The lowest BCUT2D eigenvalue weighted by molar-refractivity contribution is -0.384. The Morgan fingerprint density at radius 3 is 2.25 bits per heavy atom. The van der Waals surface area contributed by atoms with Gasteiger partial charge in [0.15, 0.2) is 0 Å². The summed E-state index contributed by atoms with van der Waals surface area (Å²) in [5, 5.41) is 15.2. The maximum atomic E-state index is 13.6. The number of benzene rings is 2. The van der Waals surface area contributed by atoms with E-state index in [1.807, 2.05) is 0 Å². The van der Waals surface area contributed by atoms with Gasteiger partial charge < -0.3 is 10.6 Å². The summed E-state index contributed by atoms with van der Waals surface area (Å²) in [6.07, 6.45) is 0. The first-order valence-electron chi connectivity index (χ1n) is 6.38. The van der Waals surface area contributed by atoms with E-state index in [9.17, 15) is 27.7 Å². The molecule has 9 nitrogen and oxygen atoms in total. The van der Waals surface area contributed by atoms with Crippen molar-refractivity contribution in [1.29, 1.82) is 0 Å². The molecular weight excluding hydrogens is 343 g/mol. The average molecular weight is 354 g/mol. The zero-order valence-electron chi connectivity index (χ0n) is 11.9. The molecule has 2 rings (SSSR count). The van der Waals surface area contributed by atoms with Crippen molar-refractivity contribution < 1.29 is 22.5 Å². The molecule has 0 radical (unpaired) electrons. The molecule has 0 bridgehead atoms. The van der Waals surface area contributed by atoms with Crippen molar-refractivity contribution in [2.75, 3.05) is 15.4 Å². The van der Waals surface area contributed by atoms with Crippen LogP contribution < -0.4 is 15.4 Å². The number of hydrogen-bond acceptors (Lipinski definition) is 5. The highest BCUT2D eigenvalue weighted by Crippen LogP contribution is 2.21. The van der Waals surface area contributed by atoms with Crippen LogP contribution in [0.2, 0.25) is 0 Å². The number of urea groups is 1. The Morgan fingerprint density at radius 1 is 1.04 bits per heavy atom. The molecule has 0 aliphatic heterocycles. The van der Waals surface area contributed by atoms with Crippen molar-refractivity contribution in [3.63, 3.8) is 0 Å². The van der Waals surface area contributed by atoms with Gasteiger partial charge in [0.25, 0.3) is 5.69 Å². The fraction of sp³-hybridized carbons (Fsp3) is 0. The van der Waals surface area contributed by atoms with Crippen molar-refractivity contribution in [3.8, 4) is 0 Å². The fourth-order valence-electron chi connectivity index (χ4n) is 1.74. The Morgan fingerprint density at radius 2 is 1.67 bits per heavy atom. The van der Waals surface area contributed by atoms with Gasteiger partial charge >= 0.3 is 6.03 Å². The molecule has 0 spiro atoms. The summed E-state index contributed by atoms with van der Waals surface area (Å²) in [6.45, 7) is 0. The molecule has 0 aliphatic rings. The number of nitrogens with zero attached hydrogens (tertiary/aromatic N) is 1. The van der Waals surface area contributed by atoms with Gasteiger partial charge in [0.2, 0.25) is 10.9 Å². The van der Waals surface area contributed by atoms with Gasteiger partial charge in [-0.3, -0.25) is 14.8 Å². The third-order valence-corrected chi connectivity index (χ3v) is 3.21. The van der Waals surface area contributed by atoms with Crippen molar-refractivity contribution in [1.82, 2.24) is 0 Å². The second-order valence-corrected chi connectivity index (χ2v) is 5.18. The van der Waals surface area contributed by atoms with Gasteiger partial charge in [-0.15, -0.1) is 0 Å². The van der Waals surface area contributed by atoms with Crippen LogP contribution in [0.4, 0.5) is 31.9 Å². The molecule has 0 heterocycles. The van der Waals surface area contributed by atoms with Crippen LogP contribution in [0.1, 0.15) is 0 Å². The first-order valence-corrected chi connectivity index (χ1v) is 7.56. The minimum atomic E-state index is -2.80. The van der Waals surface area contributed by atoms with E-state index in [-0.39, 0.29) is 11.4 Å². The van der Waals surface area contributed by atoms with Crippen molar-refractivity contribution in [3.05, 3.63) is 58.4 Å².